The van der Waals surface area contributed by atoms with E-state index in [0.717, 1.165) is 6.07 Å². The van der Waals surface area contributed by atoms with Crippen LogP contribution in [-0.2, 0) is 9.53 Å². The van der Waals surface area contributed by atoms with Gasteiger partial charge in [-0.05, 0) is 19.4 Å². The van der Waals surface area contributed by atoms with Crippen molar-refractivity contribution in [1.82, 2.24) is 5.32 Å². The Morgan fingerprint density at radius 2 is 2.00 bits per heavy atom. The minimum Gasteiger partial charge on any atom is -0.466 e. The molecule has 1 rings (SSSR count). The lowest BCUT2D eigenvalue weighted by atomic mass is 10.1. The second-order valence-corrected chi connectivity index (χ2v) is 4.02. The summed E-state index contributed by atoms with van der Waals surface area (Å²) < 4.78 is 31.0. The fourth-order valence-corrected chi connectivity index (χ4v) is 1.50. The van der Waals surface area contributed by atoms with Gasteiger partial charge in [-0.25, -0.2) is 8.78 Å². The van der Waals surface area contributed by atoms with E-state index in [4.69, 9.17) is 10.5 Å². The van der Waals surface area contributed by atoms with E-state index in [2.05, 4.69) is 5.32 Å². The molecule has 0 aliphatic heterocycles. The topological polar surface area (TPSA) is 81.4 Å². The first kappa shape index (κ1) is 15.9. The molecule has 1 aromatic carbocycles. The summed E-state index contributed by atoms with van der Waals surface area (Å²) in [5.74, 6) is -2.97. The van der Waals surface area contributed by atoms with Gasteiger partial charge in [-0.1, -0.05) is 0 Å². The molecule has 0 heterocycles. The van der Waals surface area contributed by atoms with Crippen LogP contribution in [0.2, 0.25) is 0 Å². The molecule has 0 aliphatic rings. The lowest BCUT2D eigenvalue weighted by Crippen LogP contribution is -2.26. The number of carbonyl (C=O) groups excluding carboxylic acids is 2. The lowest BCUT2D eigenvalue weighted by molar-refractivity contribution is -0.143. The van der Waals surface area contributed by atoms with Crippen LogP contribution >= 0.6 is 0 Å². The highest BCUT2D eigenvalue weighted by atomic mass is 19.1. The van der Waals surface area contributed by atoms with Crippen molar-refractivity contribution in [2.45, 2.75) is 19.8 Å². The quantitative estimate of drug-likeness (QED) is 0.473. The number of carbonyl (C=O) groups is 2. The number of nitrogens with two attached hydrogens (primary N) is 1. The average molecular weight is 286 g/mol. The highest BCUT2D eigenvalue weighted by molar-refractivity contribution is 5.95. The van der Waals surface area contributed by atoms with E-state index >= 15 is 0 Å². The summed E-state index contributed by atoms with van der Waals surface area (Å²) in [4.78, 5) is 22.7. The average Bonchev–Trinajstić information content (AvgIpc) is 2.39. The molecule has 1 aromatic rings. The van der Waals surface area contributed by atoms with Crippen molar-refractivity contribution in [2.75, 3.05) is 18.9 Å². The van der Waals surface area contributed by atoms with Gasteiger partial charge in [0.2, 0.25) is 0 Å². The zero-order valence-corrected chi connectivity index (χ0v) is 11.0. The lowest BCUT2D eigenvalue weighted by Gasteiger charge is -2.07. The van der Waals surface area contributed by atoms with Crippen LogP contribution in [0.5, 0.6) is 0 Å². The first-order valence-corrected chi connectivity index (χ1v) is 6.14. The normalized spacial score (nSPS) is 10.2. The van der Waals surface area contributed by atoms with Crippen LogP contribution in [0, 0.1) is 11.6 Å². The monoisotopic (exact) mass is 286 g/mol. The Morgan fingerprint density at radius 3 is 2.65 bits per heavy atom. The Hall–Kier alpha value is -2.18. The molecule has 20 heavy (non-hydrogen) atoms. The molecule has 5 nitrogen and oxygen atoms in total. The van der Waals surface area contributed by atoms with Crippen molar-refractivity contribution in [3.8, 4) is 0 Å². The number of amides is 1. The second-order valence-electron chi connectivity index (χ2n) is 4.02. The summed E-state index contributed by atoms with van der Waals surface area (Å²) >= 11 is 0. The number of ether oxygens (including phenoxy) is 1. The van der Waals surface area contributed by atoms with E-state index in [1.54, 1.807) is 6.92 Å². The number of anilines is 1. The number of benzene rings is 1. The molecule has 0 saturated heterocycles. The predicted molar refractivity (Wildman–Crippen MR) is 69.0 cm³/mol. The van der Waals surface area contributed by atoms with Crippen molar-refractivity contribution < 1.29 is 23.1 Å². The SMILES string of the molecule is CCOC(=O)CCCNC(=O)c1cc(N)c(F)cc1F. The third-order valence-electron chi connectivity index (χ3n) is 2.48. The van der Waals surface area contributed by atoms with Crippen LogP contribution in [0.1, 0.15) is 30.1 Å². The van der Waals surface area contributed by atoms with Gasteiger partial charge < -0.3 is 15.8 Å². The Labute approximate surface area is 115 Å². The molecule has 0 spiro atoms. The van der Waals surface area contributed by atoms with Gasteiger partial charge >= 0.3 is 5.97 Å². The van der Waals surface area contributed by atoms with Crippen LogP contribution in [0.15, 0.2) is 12.1 Å². The molecule has 0 aliphatic carbocycles. The van der Waals surface area contributed by atoms with Crippen molar-refractivity contribution >= 4 is 17.6 Å². The molecule has 0 radical (unpaired) electrons. The zero-order chi connectivity index (χ0) is 15.1. The molecule has 0 fully saturated rings. The van der Waals surface area contributed by atoms with Crippen LogP contribution in [-0.4, -0.2) is 25.0 Å². The van der Waals surface area contributed by atoms with Gasteiger partial charge in [0.25, 0.3) is 5.91 Å². The van der Waals surface area contributed by atoms with Crippen LogP contribution in [0.25, 0.3) is 0 Å². The molecule has 110 valence electrons. The molecule has 7 heteroatoms. The largest absolute Gasteiger partial charge is 0.466 e. The van der Waals surface area contributed by atoms with Gasteiger partial charge in [0.1, 0.15) is 11.6 Å². The van der Waals surface area contributed by atoms with Gasteiger partial charge in [-0.2, -0.15) is 0 Å². The van der Waals surface area contributed by atoms with Crippen molar-refractivity contribution in [3.63, 3.8) is 0 Å². The maximum absolute atomic E-state index is 13.4. The van der Waals surface area contributed by atoms with Crippen molar-refractivity contribution in [2.24, 2.45) is 0 Å². The van der Waals surface area contributed by atoms with E-state index in [1.165, 1.54) is 0 Å². The van der Waals surface area contributed by atoms with E-state index in [0.29, 0.717) is 19.1 Å². The minimum absolute atomic E-state index is 0.155. The summed E-state index contributed by atoms with van der Waals surface area (Å²) in [5, 5.41) is 2.42. The summed E-state index contributed by atoms with van der Waals surface area (Å²) in [6.07, 6.45) is 0.519. The number of rotatable bonds is 6. The fourth-order valence-electron chi connectivity index (χ4n) is 1.50. The molecule has 0 unspecified atom stereocenters. The molecule has 0 aromatic heterocycles. The third-order valence-corrected chi connectivity index (χ3v) is 2.48. The number of hydrogen-bond donors (Lipinski definition) is 2. The molecular weight excluding hydrogens is 270 g/mol. The third kappa shape index (κ3) is 4.49. The maximum atomic E-state index is 13.4. The smallest absolute Gasteiger partial charge is 0.305 e. The molecule has 0 bridgehead atoms. The van der Waals surface area contributed by atoms with Crippen LogP contribution in [0.4, 0.5) is 14.5 Å². The summed E-state index contributed by atoms with van der Waals surface area (Å²) in [6.45, 7) is 2.17. The molecule has 1 amide bonds. The molecule has 0 atom stereocenters. The number of halogens is 2. The Balaban J connectivity index is 2.48. The predicted octanol–water partition coefficient (Wildman–Crippen LogP) is 1.62. The Morgan fingerprint density at radius 1 is 1.30 bits per heavy atom. The van der Waals surface area contributed by atoms with Gasteiger partial charge in [-0.3, -0.25) is 9.59 Å². The van der Waals surface area contributed by atoms with E-state index in [1.807, 2.05) is 0 Å². The minimum atomic E-state index is -0.986. The first-order chi connectivity index (χ1) is 9.45. The van der Waals surface area contributed by atoms with Crippen LogP contribution in [0.3, 0.4) is 0 Å². The van der Waals surface area contributed by atoms with Crippen LogP contribution < -0.4 is 11.1 Å². The number of nitrogens with one attached hydrogen (secondary N) is 1. The highest BCUT2D eigenvalue weighted by Crippen LogP contribution is 2.16. The van der Waals surface area contributed by atoms with Crippen molar-refractivity contribution in [1.29, 1.82) is 0 Å². The summed E-state index contributed by atoms with van der Waals surface area (Å²) in [7, 11) is 0. The van der Waals surface area contributed by atoms with E-state index in [-0.39, 0.29) is 30.2 Å². The van der Waals surface area contributed by atoms with Gasteiger partial charge in [0.15, 0.2) is 0 Å². The zero-order valence-electron chi connectivity index (χ0n) is 11.0. The number of esters is 1. The summed E-state index contributed by atoms with van der Waals surface area (Å²) in [5.41, 5.74) is 4.64. The summed E-state index contributed by atoms with van der Waals surface area (Å²) in [6, 6.07) is 1.49. The van der Waals surface area contributed by atoms with E-state index in [9.17, 15) is 18.4 Å². The second kappa shape index (κ2) is 7.42. The van der Waals surface area contributed by atoms with E-state index < -0.39 is 17.5 Å². The molecule has 0 saturated carbocycles. The first-order valence-electron chi connectivity index (χ1n) is 6.14. The fraction of sp³-hybridized carbons (Fsp3) is 0.385. The Kier molecular flexibility index (Phi) is 5.89. The maximum Gasteiger partial charge on any atom is 0.305 e. The standard InChI is InChI=1S/C13H16F2N2O3/c1-2-20-12(18)4-3-5-17-13(19)8-6-11(16)10(15)7-9(8)14/h6-7H,2-5,16H2,1H3,(H,17,19). The van der Waals surface area contributed by atoms with Gasteiger partial charge in [-0.15, -0.1) is 0 Å². The number of hydrogen-bond acceptors (Lipinski definition) is 4. The number of nitrogen functional groups attached to an aromatic ring is 1. The molecular formula is C13H16F2N2O3. The molecule has 3 N–H and O–H groups in total. The highest BCUT2D eigenvalue weighted by Gasteiger charge is 2.14. The Bertz CT molecular complexity index is 507. The van der Waals surface area contributed by atoms with Gasteiger partial charge in [0.05, 0.1) is 17.9 Å². The van der Waals surface area contributed by atoms with Gasteiger partial charge in [0, 0.05) is 19.0 Å². The van der Waals surface area contributed by atoms with Crippen molar-refractivity contribution in [3.05, 3.63) is 29.3 Å².